The normalized spacial score (nSPS) is 12.0. The molecule has 0 aromatic heterocycles. The molecule has 0 aliphatic carbocycles. The van der Waals surface area contributed by atoms with Crippen molar-refractivity contribution in [3.05, 3.63) is 26.0 Å². The Balaban J connectivity index is 3.07. The van der Waals surface area contributed by atoms with E-state index in [1.54, 1.807) is 6.07 Å². The molecule has 0 aliphatic heterocycles. The number of nitrogens with zero attached hydrogens (tertiary/aromatic N) is 1. The number of anilines is 1. The number of aliphatic hydroxyl groups is 1. The van der Waals surface area contributed by atoms with Crippen LogP contribution in [0.25, 0.3) is 0 Å². The van der Waals surface area contributed by atoms with Crippen LogP contribution in [0.1, 0.15) is 5.56 Å². The van der Waals surface area contributed by atoms with Crippen molar-refractivity contribution in [3.8, 4) is 6.07 Å². The van der Waals surface area contributed by atoms with Gasteiger partial charge in [0.1, 0.15) is 11.6 Å². The maximum Gasteiger partial charge on any atom is 0.161 e. The molecule has 0 spiro atoms. The summed E-state index contributed by atoms with van der Waals surface area (Å²) in [4.78, 5) is 0. The van der Waals surface area contributed by atoms with Crippen molar-refractivity contribution >= 4 is 51.5 Å². The molecule has 0 heterocycles. The van der Waals surface area contributed by atoms with Crippen molar-refractivity contribution in [2.45, 2.75) is 6.10 Å². The second-order valence-corrected chi connectivity index (χ2v) is 5.08. The number of aliphatic hydroxyl groups excluding tert-OH is 1. The number of alkyl halides is 1. The molecule has 3 nitrogen and oxygen atoms in total. The Morgan fingerprint density at radius 3 is 2.82 bits per heavy atom. The van der Waals surface area contributed by atoms with E-state index in [0.29, 0.717) is 9.26 Å². The molecule has 0 aliphatic rings. The lowest BCUT2D eigenvalue weighted by molar-refractivity contribution is 0.211. The molecule has 0 fully saturated rings. The molecule has 1 rings (SSSR count). The lowest BCUT2D eigenvalue weighted by Gasteiger charge is -2.14. The highest BCUT2D eigenvalue weighted by atomic mass is 127. The lowest BCUT2D eigenvalue weighted by Crippen LogP contribution is -2.21. The van der Waals surface area contributed by atoms with Crippen molar-refractivity contribution < 1.29 is 9.50 Å². The first-order valence-corrected chi connectivity index (χ1v) is 6.55. The molecule has 0 saturated carbocycles. The minimum Gasteiger partial charge on any atom is -0.390 e. The van der Waals surface area contributed by atoms with Gasteiger partial charge < -0.3 is 10.4 Å². The summed E-state index contributed by atoms with van der Waals surface area (Å²) in [5.41, 5.74) is 0.155. The Hall–Kier alpha value is -0.290. The van der Waals surface area contributed by atoms with Gasteiger partial charge in [0.15, 0.2) is 5.82 Å². The Labute approximate surface area is 122 Å². The first-order chi connectivity index (χ1) is 8.01. The molecule has 7 heteroatoms. The second-order valence-electron chi connectivity index (χ2n) is 3.21. The molecule has 0 amide bonds. The van der Waals surface area contributed by atoms with Gasteiger partial charge in [-0.15, -0.1) is 11.6 Å². The molecule has 0 saturated heterocycles. The van der Waals surface area contributed by atoms with Gasteiger partial charge in [-0.05, 0) is 28.7 Å². The zero-order chi connectivity index (χ0) is 13.0. The van der Waals surface area contributed by atoms with E-state index in [1.807, 2.05) is 22.6 Å². The standard InChI is InChI=1S/C10H8Cl2FIN2O/c11-2-5(17)4-16-10-6(3-15)9(13)7(12)1-8(10)14/h1,5,16-17H,2,4H2. The van der Waals surface area contributed by atoms with E-state index in [9.17, 15) is 9.50 Å². The monoisotopic (exact) mass is 388 g/mol. The van der Waals surface area contributed by atoms with E-state index in [1.165, 1.54) is 6.07 Å². The third-order valence-electron chi connectivity index (χ3n) is 1.98. The number of benzene rings is 1. The van der Waals surface area contributed by atoms with Crippen LogP contribution in [0.15, 0.2) is 6.07 Å². The van der Waals surface area contributed by atoms with Gasteiger partial charge in [0.05, 0.1) is 22.7 Å². The van der Waals surface area contributed by atoms with Crippen LogP contribution in [-0.4, -0.2) is 23.6 Å². The van der Waals surface area contributed by atoms with E-state index in [2.05, 4.69) is 5.32 Å². The molecular formula is C10H8Cl2FIN2O. The second kappa shape index (κ2) is 6.59. The highest BCUT2D eigenvalue weighted by molar-refractivity contribution is 14.1. The molecule has 1 atom stereocenters. The Bertz CT molecular complexity index is 465. The molecule has 0 radical (unpaired) electrons. The average molecular weight is 389 g/mol. The summed E-state index contributed by atoms with van der Waals surface area (Å²) >= 11 is 13.0. The summed E-state index contributed by atoms with van der Waals surface area (Å²) < 4.78 is 14.2. The number of nitrogens with one attached hydrogen (secondary N) is 1. The zero-order valence-electron chi connectivity index (χ0n) is 8.48. The molecular weight excluding hydrogens is 381 g/mol. The Morgan fingerprint density at radius 2 is 2.29 bits per heavy atom. The highest BCUT2D eigenvalue weighted by Gasteiger charge is 2.16. The number of hydrogen-bond acceptors (Lipinski definition) is 3. The largest absolute Gasteiger partial charge is 0.390 e. The fourth-order valence-electron chi connectivity index (χ4n) is 1.15. The van der Waals surface area contributed by atoms with Crippen LogP contribution in [0.3, 0.4) is 0 Å². The highest BCUT2D eigenvalue weighted by Crippen LogP contribution is 2.30. The van der Waals surface area contributed by atoms with Crippen molar-refractivity contribution in [2.75, 3.05) is 17.7 Å². The first kappa shape index (κ1) is 14.8. The maximum atomic E-state index is 13.6. The van der Waals surface area contributed by atoms with Gasteiger partial charge in [-0.25, -0.2) is 4.39 Å². The fourth-order valence-corrected chi connectivity index (χ4v) is 2.42. The molecule has 92 valence electrons. The van der Waals surface area contributed by atoms with E-state index in [4.69, 9.17) is 28.5 Å². The van der Waals surface area contributed by atoms with Crippen LogP contribution in [0.4, 0.5) is 10.1 Å². The van der Waals surface area contributed by atoms with Crippen molar-refractivity contribution in [2.24, 2.45) is 0 Å². The fraction of sp³-hybridized carbons (Fsp3) is 0.300. The van der Waals surface area contributed by atoms with Crippen LogP contribution in [0.2, 0.25) is 5.02 Å². The quantitative estimate of drug-likeness (QED) is 0.473. The summed E-state index contributed by atoms with van der Waals surface area (Å²) in [6, 6.07) is 3.16. The predicted molar refractivity (Wildman–Crippen MR) is 74.1 cm³/mol. The molecule has 2 N–H and O–H groups in total. The third-order valence-corrected chi connectivity index (χ3v) is 3.46. The van der Waals surface area contributed by atoms with E-state index in [0.717, 1.165) is 0 Å². The van der Waals surface area contributed by atoms with Crippen LogP contribution >= 0.6 is 45.8 Å². The third kappa shape index (κ3) is 3.58. The molecule has 17 heavy (non-hydrogen) atoms. The van der Waals surface area contributed by atoms with E-state index >= 15 is 0 Å². The van der Waals surface area contributed by atoms with Crippen LogP contribution in [0.5, 0.6) is 0 Å². The number of halogens is 4. The van der Waals surface area contributed by atoms with Crippen LogP contribution in [-0.2, 0) is 0 Å². The van der Waals surface area contributed by atoms with Gasteiger partial charge in [0.25, 0.3) is 0 Å². The SMILES string of the molecule is N#Cc1c(F)c(Cl)cc(I)c1NCC(O)CCl. The smallest absolute Gasteiger partial charge is 0.161 e. The summed E-state index contributed by atoms with van der Waals surface area (Å²) in [6.45, 7) is 0.134. The minimum atomic E-state index is -0.766. The van der Waals surface area contributed by atoms with E-state index in [-0.39, 0.29) is 23.0 Å². The van der Waals surface area contributed by atoms with Gasteiger partial charge in [-0.1, -0.05) is 11.6 Å². The lowest BCUT2D eigenvalue weighted by atomic mass is 10.1. The first-order valence-electron chi connectivity index (χ1n) is 4.56. The van der Waals surface area contributed by atoms with Crippen molar-refractivity contribution in [1.29, 1.82) is 5.26 Å². The van der Waals surface area contributed by atoms with Crippen molar-refractivity contribution in [1.82, 2.24) is 0 Å². The molecule has 0 bridgehead atoms. The summed E-state index contributed by atoms with van der Waals surface area (Å²) in [6.07, 6.45) is -0.766. The van der Waals surface area contributed by atoms with Crippen molar-refractivity contribution in [3.63, 3.8) is 0 Å². The predicted octanol–water partition coefficient (Wildman–Crippen LogP) is 2.97. The van der Waals surface area contributed by atoms with Gasteiger partial charge in [-0.2, -0.15) is 5.26 Å². The molecule has 1 unspecified atom stereocenters. The van der Waals surface area contributed by atoms with Gasteiger partial charge in [0.2, 0.25) is 0 Å². The number of nitriles is 1. The van der Waals surface area contributed by atoms with Crippen LogP contribution < -0.4 is 5.32 Å². The van der Waals surface area contributed by atoms with Gasteiger partial charge in [0, 0.05) is 10.1 Å². The molecule has 1 aromatic rings. The zero-order valence-corrected chi connectivity index (χ0v) is 12.1. The topological polar surface area (TPSA) is 56.0 Å². The van der Waals surface area contributed by atoms with Gasteiger partial charge >= 0.3 is 0 Å². The average Bonchev–Trinajstić information content (AvgIpc) is 2.31. The minimum absolute atomic E-state index is 0.0571. The van der Waals surface area contributed by atoms with Gasteiger partial charge in [-0.3, -0.25) is 0 Å². The molecule has 1 aromatic carbocycles. The Kier molecular flexibility index (Phi) is 5.73. The summed E-state index contributed by atoms with van der Waals surface area (Å²) in [5, 5.41) is 20.9. The number of rotatable bonds is 4. The number of hydrogen-bond donors (Lipinski definition) is 2. The Morgan fingerprint density at radius 1 is 1.65 bits per heavy atom. The summed E-state index contributed by atoms with van der Waals surface area (Å²) in [5.74, 6) is -0.709. The maximum absolute atomic E-state index is 13.6. The summed E-state index contributed by atoms with van der Waals surface area (Å²) in [7, 11) is 0. The van der Waals surface area contributed by atoms with E-state index < -0.39 is 11.9 Å². The van der Waals surface area contributed by atoms with Crippen LogP contribution in [0, 0.1) is 20.7 Å².